The van der Waals surface area contributed by atoms with Crippen molar-refractivity contribution in [2.24, 2.45) is 0 Å². The molecule has 3 rings (SSSR count). The van der Waals surface area contributed by atoms with Crippen LogP contribution in [0.15, 0.2) is 30.5 Å². The van der Waals surface area contributed by atoms with Gasteiger partial charge in [0.1, 0.15) is 12.4 Å². The maximum Gasteiger partial charge on any atom is 0.416 e. The van der Waals surface area contributed by atoms with Crippen molar-refractivity contribution in [3.63, 3.8) is 0 Å². The number of aromatic nitrogens is 3. The number of rotatable bonds is 2. The number of carbonyl (C=O) groups is 1. The molecule has 0 atom stereocenters. The normalized spacial score (nSPS) is 14.0. The van der Waals surface area contributed by atoms with Gasteiger partial charge >= 0.3 is 17.8 Å². The average Bonchev–Trinajstić information content (AvgIpc) is 2.70. The predicted octanol–water partition coefficient (Wildman–Crippen LogP) is 2.24. The third-order valence-corrected chi connectivity index (χ3v) is 3.94. The van der Waals surface area contributed by atoms with Gasteiger partial charge in [-0.15, -0.1) is 0 Å². The van der Waals surface area contributed by atoms with Gasteiger partial charge in [-0.05, 0) is 19.4 Å². The zero-order valence-corrected chi connectivity index (χ0v) is 16.2. The fourth-order valence-electron chi connectivity index (χ4n) is 2.64. The van der Waals surface area contributed by atoms with Gasteiger partial charge in [0, 0.05) is 12.3 Å². The first-order valence-electron chi connectivity index (χ1n) is 9.11. The van der Waals surface area contributed by atoms with E-state index in [1.807, 2.05) is 12.2 Å². The van der Waals surface area contributed by atoms with Crippen molar-refractivity contribution in [1.82, 2.24) is 15.0 Å². The third kappa shape index (κ3) is 4.90. The van der Waals surface area contributed by atoms with E-state index in [2.05, 4.69) is 15.0 Å². The first-order chi connectivity index (χ1) is 14.5. The molecule has 2 aromatic rings. The molecule has 0 fully saturated rings. The summed E-state index contributed by atoms with van der Waals surface area (Å²) in [6, 6.07) is 3.09. The number of hydrogen-bond acceptors (Lipinski definition) is 10. The second-order valence-corrected chi connectivity index (χ2v) is 6.01. The van der Waals surface area contributed by atoms with E-state index in [4.69, 9.17) is 19.9 Å². The maximum atomic E-state index is 12.7. The molecule has 30 heavy (non-hydrogen) atoms. The van der Waals surface area contributed by atoms with Crippen LogP contribution in [-0.4, -0.2) is 45.8 Å². The largest absolute Gasteiger partial charge is 0.489 e. The molecule has 3 heterocycles. The zero-order valence-electron chi connectivity index (χ0n) is 16.2. The van der Waals surface area contributed by atoms with Crippen LogP contribution in [0.4, 0.5) is 22.1 Å². The number of nitrogens with zero attached hydrogens (tertiary/aromatic N) is 5. The van der Waals surface area contributed by atoms with E-state index in [0.29, 0.717) is 24.5 Å². The Morgan fingerprint density at radius 1 is 1.37 bits per heavy atom. The molecule has 158 valence electrons. The van der Waals surface area contributed by atoms with Crippen LogP contribution in [0.25, 0.3) is 0 Å². The summed E-state index contributed by atoms with van der Waals surface area (Å²) >= 11 is 0. The van der Waals surface area contributed by atoms with Crippen LogP contribution in [0.2, 0.25) is 0 Å². The number of nitrogens with two attached hydrogens (primary N) is 1. The molecule has 4 bridgehead atoms. The summed E-state index contributed by atoms with van der Waals surface area (Å²) in [6.07, 6.45) is 4.84. The highest BCUT2D eigenvalue weighted by molar-refractivity contribution is 5.90. The van der Waals surface area contributed by atoms with Crippen molar-refractivity contribution >= 4 is 23.4 Å². The van der Waals surface area contributed by atoms with Crippen molar-refractivity contribution in [3.05, 3.63) is 46.3 Å². The summed E-state index contributed by atoms with van der Waals surface area (Å²) in [4.78, 5) is 36.6. The molecule has 12 nitrogen and oxygen atoms in total. The number of nitro groups is 1. The predicted molar refractivity (Wildman–Crippen MR) is 105 cm³/mol. The highest BCUT2D eigenvalue weighted by Crippen LogP contribution is 2.34. The zero-order chi connectivity index (χ0) is 21.5. The first kappa shape index (κ1) is 20.8. The highest BCUT2D eigenvalue weighted by Gasteiger charge is 2.32. The second-order valence-electron chi connectivity index (χ2n) is 6.01. The van der Waals surface area contributed by atoms with Gasteiger partial charge in [-0.1, -0.05) is 12.2 Å². The molecule has 0 saturated heterocycles. The van der Waals surface area contributed by atoms with Gasteiger partial charge in [0.25, 0.3) is 0 Å². The third-order valence-electron chi connectivity index (χ3n) is 3.94. The summed E-state index contributed by atoms with van der Waals surface area (Å²) in [7, 11) is 0. The van der Waals surface area contributed by atoms with Crippen LogP contribution in [0.5, 0.6) is 11.8 Å². The van der Waals surface area contributed by atoms with Crippen LogP contribution in [-0.2, 0) is 11.3 Å². The van der Waals surface area contributed by atoms with Crippen molar-refractivity contribution in [1.29, 1.82) is 0 Å². The van der Waals surface area contributed by atoms with E-state index >= 15 is 0 Å². The van der Waals surface area contributed by atoms with E-state index < -0.39 is 22.5 Å². The smallest absolute Gasteiger partial charge is 0.416 e. The number of amides is 1. The topological polar surface area (TPSA) is 156 Å². The lowest BCUT2D eigenvalue weighted by molar-refractivity contribution is -0.383. The monoisotopic (exact) mass is 416 g/mol. The number of hydrogen-bond donors (Lipinski definition) is 1. The number of pyridine rings is 1. The first-order valence-corrected chi connectivity index (χ1v) is 9.11. The van der Waals surface area contributed by atoms with Gasteiger partial charge in [0.15, 0.2) is 0 Å². The fourth-order valence-corrected chi connectivity index (χ4v) is 2.64. The molecular formula is C18H20N6O6. The summed E-state index contributed by atoms with van der Waals surface area (Å²) < 4.78 is 16.2. The van der Waals surface area contributed by atoms with Crippen LogP contribution >= 0.6 is 0 Å². The Kier molecular flexibility index (Phi) is 6.57. The second kappa shape index (κ2) is 9.49. The van der Waals surface area contributed by atoms with Crippen LogP contribution in [0.3, 0.4) is 0 Å². The molecular weight excluding hydrogens is 396 g/mol. The Morgan fingerprint density at radius 3 is 2.97 bits per heavy atom. The van der Waals surface area contributed by atoms with Gasteiger partial charge in [0.05, 0.1) is 30.4 Å². The Morgan fingerprint density at radius 2 is 2.20 bits per heavy atom. The Balaban J connectivity index is 2.14. The van der Waals surface area contributed by atoms with Gasteiger partial charge in [-0.25, -0.2) is 9.69 Å². The van der Waals surface area contributed by atoms with Crippen molar-refractivity contribution in [3.8, 4) is 11.8 Å². The van der Waals surface area contributed by atoms with Gasteiger partial charge in [-0.2, -0.15) is 9.97 Å². The van der Waals surface area contributed by atoms with Gasteiger partial charge in [0.2, 0.25) is 11.6 Å². The molecule has 1 aliphatic heterocycles. The minimum Gasteiger partial charge on any atom is -0.489 e. The molecule has 0 aliphatic carbocycles. The number of anilines is 2. The molecule has 2 N–H and O–H groups in total. The van der Waals surface area contributed by atoms with E-state index in [9.17, 15) is 14.9 Å². The fraction of sp³-hybridized carbons (Fsp3) is 0.333. The molecule has 1 amide bonds. The highest BCUT2D eigenvalue weighted by atomic mass is 16.6. The number of fused-ring (bicyclic) bond motifs is 4. The minimum atomic E-state index is -0.858. The molecule has 0 radical (unpaired) electrons. The van der Waals surface area contributed by atoms with Crippen molar-refractivity contribution in [2.45, 2.75) is 19.9 Å². The Hall–Kier alpha value is -3.96. The molecule has 2 aromatic heterocycles. The lowest BCUT2D eigenvalue weighted by atomic mass is 10.3. The van der Waals surface area contributed by atoms with E-state index in [-0.39, 0.29) is 31.6 Å². The standard InChI is InChI=1S/C18H20N6O6/c1-2-28-18(25)23-11-12-10-13(6-7-20-12)29-8-4-3-5-9-30-17-21-15(19)14(24(26)27)16(23)22-17/h3-4,6-7,10H,2,5,8-9,11H2,1H3,(H2,19,21,22). The SMILES string of the molecule is CCOC(=O)N1Cc2cc(ccn2)OCC=CCCOc2nc(N)c([N+](=O)[O-])c1n2. The average molecular weight is 416 g/mol. The lowest BCUT2D eigenvalue weighted by Gasteiger charge is -2.21. The molecule has 1 aliphatic rings. The Bertz CT molecular complexity index is 966. The van der Waals surface area contributed by atoms with Crippen molar-refractivity contribution < 1.29 is 23.9 Å². The maximum absolute atomic E-state index is 12.7. The quantitative estimate of drug-likeness (QED) is 0.437. The van der Waals surface area contributed by atoms with Gasteiger partial charge in [-0.3, -0.25) is 15.1 Å². The van der Waals surface area contributed by atoms with Gasteiger partial charge < -0.3 is 19.9 Å². The van der Waals surface area contributed by atoms with Crippen LogP contribution < -0.4 is 20.1 Å². The number of nitrogen functional groups attached to an aromatic ring is 1. The van der Waals surface area contributed by atoms with E-state index in [0.717, 1.165) is 4.90 Å². The van der Waals surface area contributed by atoms with E-state index in [1.165, 1.54) is 6.20 Å². The summed E-state index contributed by atoms with van der Waals surface area (Å²) in [6.45, 7) is 2.01. The summed E-state index contributed by atoms with van der Waals surface area (Å²) in [5.41, 5.74) is 5.56. The van der Waals surface area contributed by atoms with Crippen LogP contribution in [0.1, 0.15) is 19.0 Å². The summed E-state index contributed by atoms with van der Waals surface area (Å²) in [5.74, 6) is -0.254. The molecule has 12 heteroatoms. The molecule has 0 aromatic carbocycles. The number of ether oxygens (including phenoxy) is 3. The van der Waals surface area contributed by atoms with Crippen molar-refractivity contribution in [2.75, 3.05) is 30.5 Å². The Labute approximate surface area is 171 Å². The van der Waals surface area contributed by atoms with E-state index in [1.54, 1.807) is 19.1 Å². The number of carbonyl (C=O) groups excluding carboxylic acids is 1. The van der Waals surface area contributed by atoms with Crippen LogP contribution in [0, 0.1) is 10.1 Å². The summed E-state index contributed by atoms with van der Waals surface area (Å²) in [5, 5.41) is 11.6. The molecule has 0 unspecified atom stereocenters. The molecule has 0 spiro atoms. The molecule has 0 saturated carbocycles. The lowest BCUT2D eigenvalue weighted by Crippen LogP contribution is -2.33. The minimum absolute atomic E-state index is 0.0509.